The van der Waals surface area contributed by atoms with E-state index in [1.165, 1.54) is 24.3 Å². The molecule has 2 rings (SSSR count). The van der Waals surface area contributed by atoms with Crippen LogP contribution in [0.3, 0.4) is 0 Å². The Kier molecular flexibility index (Phi) is 6.65. The Hall–Kier alpha value is -0.260. The van der Waals surface area contributed by atoms with Crippen LogP contribution in [0.15, 0.2) is 0 Å². The van der Waals surface area contributed by atoms with Gasteiger partial charge in [0.05, 0.1) is 5.41 Å². The maximum absolute atomic E-state index is 12.5. The van der Waals surface area contributed by atoms with Crippen LogP contribution in [-0.2, 0) is 4.79 Å². The van der Waals surface area contributed by atoms with Gasteiger partial charge < -0.3 is 11.1 Å². The lowest BCUT2D eigenvalue weighted by Gasteiger charge is -2.31. The maximum atomic E-state index is 12.5. The highest BCUT2D eigenvalue weighted by molar-refractivity contribution is 7.99. The van der Waals surface area contributed by atoms with Crippen LogP contribution in [-0.4, -0.2) is 55.0 Å². The van der Waals surface area contributed by atoms with Crippen LogP contribution in [0.25, 0.3) is 0 Å². The predicted octanol–water partition coefficient (Wildman–Crippen LogP) is 1.45. The van der Waals surface area contributed by atoms with Crippen LogP contribution in [0.5, 0.6) is 0 Å². The van der Waals surface area contributed by atoms with Gasteiger partial charge in [0.2, 0.25) is 5.91 Å². The molecule has 0 unspecified atom stereocenters. The van der Waals surface area contributed by atoms with E-state index in [9.17, 15) is 4.79 Å². The number of rotatable bonds is 5. The van der Waals surface area contributed by atoms with Crippen molar-refractivity contribution in [3.63, 3.8) is 0 Å². The van der Waals surface area contributed by atoms with Gasteiger partial charge in [-0.1, -0.05) is 25.7 Å². The number of nitrogens with zero attached hydrogens (tertiary/aromatic N) is 1. The van der Waals surface area contributed by atoms with Crippen LogP contribution < -0.4 is 11.1 Å². The first-order valence-electron chi connectivity index (χ1n) is 8.05. The number of hydrogen-bond acceptors (Lipinski definition) is 4. The molecule has 116 valence electrons. The number of carbonyl (C=O) groups excluding carboxylic acids is 1. The Morgan fingerprint density at radius 1 is 1.15 bits per heavy atom. The fourth-order valence-electron chi connectivity index (χ4n) is 3.27. The molecule has 2 fully saturated rings. The van der Waals surface area contributed by atoms with Crippen molar-refractivity contribution in [2.45, 2.75) is 38.5 Å². The normalized spacial score (nSPS) is 24.1. The second-order valence-electron chi connectivity index (χ2n) is 6.11. The summed E-state index contributed by atoms with van der Waals surface area (Å²) in [6.45, 7) is 4.56. The van der Waals surface area contributed by atoms with Crippen LogP contribution in [0.4, 0.5) is 0 Å². The van der Waals surface area contributed by atoms with E-state index in [0.717, 1.165) is 51.9 Å². The van der Waals surface area contributed by atoms with Crippen LogP contribution in [0, 0.1) is 5.41 Å². The Balaban J connectivity index is 1.76. The molecule has 4 nitrogen and oxygen atoms in total. The monoisotopic (exact) mass is 299 g/mol. The van der Waals surface area contributed by atoms with Gasteiger partial charge in [-0.15, -0.1) is 0 Å². The van der Waals surface area contributed by atoms with Gasteiger partial charge in [0.1, 0.15) is 0 Å². The minimum Gasteiger partial charge on any atom is -0.354 e. The lowest BCUT2D eigenvalue weighted by Crippen LogP contribution is -2.48. The van der Waals surface area contributed by atoms with Gasteiger partial charge in [0.25, 0.3) is 0 Å². The highest BCUT2D eigenvalue weighted by Gasteiger charge is 2.36. The van der Waals surface area contributed by atoms with Gasteiger partial charge in [0.15, 0.2) is 0 Å². The first kappa shape index (κ1) is 16.1. The molecule has 0 radical (unpaired) electrons. The summed E-state index contributed by atoms with van der Waals surface area (Å²) in [6.07, 6.45) is 6.73. The van der Waals surface area contributed by atoms with Crippen molar-refractivity contribution in [3.05, 3.63) is 0 Å². The van der Waals surface area contributed by atoms with Crippen molar-refractivity contribution in [1.29, 1.82) is 0 Å². The van der Waals surface area contributed by atoms with E-state index in [-0.39, 0.29) is 11.3 Å². The fourth-order valence-corrected chi connectivity index (χ4v) is 4.25. The number of hydrogen-bond donors (Lipinski definition) is 2. The van der Waals surface area contributed by atoms with Crippen LogP contribution >= 0.6 is 11.8 Å². The Bertz CT molecular complexity index is 297. The molecule has 1 aliphatic heterocycles. The third-order valence-corrected chi connectivity index (χ3v) is 5.69. The maximum Gasteiger partial charge on any atom is 0.227 e. The average molecular weight is 299 g/mol. The molecule has 1 saturated heterocycles. The predicted molar refractivity (Wildman–Crippen MR) is 86.0 cm³/mol. The Labute approximate surface area is 127 Å². The molecule has 1 saturated carbocycles. The van der Waals surface area contributed by atoms with Gasteiger partial charge in [0, 0.05) is 44.2 Å². The van der Waals surface area contributed by atoms with E-state index in [1.54, 1.807) is 0 Å². The fraction of sp³-hybridized carbons (Fsp3) is 0.933. The average Bonchev–Trinajstić information content (AvgIpc) is 2.74. The molecule has 0 aromatic heterocycles. The number of thioether (sulfide) groups is 1. The number of nitrogens with one attached hydrogen (secondary N) is 1. The van der Waals surface area contributed by atoms with Crippen molar-refractivity contribution in [2.75, 3.05) is 44.2 Å². The van der Waals surface area contributed by atoms with E-state index >= 15 is 0 Å². The van der Waals surface area contributed by atoms with Gasteiger partial charge in [-0.3, -0.25) is 9.69 Å². The molecule has 0 aromatic carbocycles. The molecular weight excluding hydrogens is 270 g/mol. The highest BCUT2D eigenvalue weighted by Crippen LogP contribution is 2.34. The topological polar surface area (TPSA) is 58.4 Å². The molecule has 0 bridgehead atoms. The smallest absolute Gasteiger partial charge is 0.227 e. The molecule has 5 heteroatoms. The second kappa shape index (κ2) is 8.25. The van der Waals surface area contributed by atoms with Crippen molar-refractivity contribution >= 4 is 17.7 Å². The zero-order chi connectivity index (χ0) is 14.3. The summed E-state index contributed by atoms with van der Waals surface area (Å²) in [5.74, 6) is 2.65. The molecule has 0 aromatic rings. The standard InChI is InChI=1S/C15H29N3OS/c16-13-15(5-3-1-2-4-6-15)14(19)17-7-8-18-9-11-20-12-10-18/h1-13,16H2,(H,17,19). The van der Waals surface area contributed by atoms with Crippen LogP contribution in [0.2, 0.25) is 0 Å². The van der Waals surface area contributed by atoms with Crippen molar-refractivity contribution in [3.8, 4) is 0 Å². The number of nitrogens with two attached hydrogens (primary N) is 1. The molecule has 1 heterocycles. The molecular formula is C15H29N3OS. The largest absolute Gasteiger partial charge is 0.354 e. The zero-order valence-corrected chi connectivity index (χ0v) is 13.3. The minimum atomic E-state index is -0.283. The molecule has 3 N–H and O–H groups in total. The third kappa shape index (κ3) is 4.37. The van der Waals surface area contributed by atoms with Gasteiger partial charge in [-0.05, 0) is 12.8 Å². The van der Waals surface area contributed by atoms with Gasteiger partial charge in [-0.2, -0.15) is 11.8 Å². The first-order valence-corrected chi connectivity index (χ1v) is 9.21. The summed E-state index contributed by atoms with van der Waals surface area (Å²) < 4.78 is 0. The number of amides is 1. The van der Waals surface area contributed by atoms with E-state index in [1.807, 2.05) is 11.8 Å². The van der Waals surface area contributed by atoms with Crippen molar-refractivity contribution in [2.24, 2.45) is 11.1 Å². The Morgan fingerprint density at radius 2 is 1.80 bits per heavy atom. The number of carbonyl (C=O) groups is 1. The quantitative estimate of drug-likeness (QED) is 0.755. The van der Waals surface area contributed by atoms with E-state index in [4.69, 9.17) is 5.73 Å². The lowest BCUT2D eigenvalue weighted by molar-refractivity contribution is -0.131. The van der Waals surface area contributed by atoms with Crippen molar-refractivity contribution < 1.29 is 4.79 Å². The molecule has 0 spiro atoms. The minimum absolute atomic E-state index is 0.202. The SMILES string of the molecule is NCC1(C(=O)NCCN2CCSCC2)CCCCCC1. The van der Waals surface area contributed by atoms with Gasteiger partial charge in [-0.25, -0.2) is 0 Å². The summed E-state index contributed by atoms with van der Waals surface area (Å²) in [4.78, 5) is 15.0. The van der Waals surface area contributed by atoms with Gasteiger partial charge >= 0.3 is 0 Å². The molecule has 1 amide bonds. The van der Waals surface area contributed by atoms with E-state index in [2.05, 4.69) is 10.2 Å². The summed E-state index contributed by atoms with van der Waals surface area (Å²) >= 11 is 2.02. The van der Waals surface area contributed by atoms with E-state index < -0.39 is 0 Å². The third-order valence-electron chi connectivity index (χ3n) is 4.75. The molecule has 1 aliphatic carbocycles. The second-order valence-corrected chi connectivity index (χ2v) is 7.33. The Morgan fingerprint density at radius 3 is 2.40 bits per heavy atom. The van der Waals surface area contributed by atoms with Crippen LogP contribution in [0.1, 0.15) is 38.5 Å². The summed E-state index contributed by atoms with van der Waals surface area (Å²) in [7, 11) is 0. The van der Waals surface area contributed by atoms with Crippen molar-refractivity contribution in [1.82, 2.24) is 10.2 Å². The first-order chi connectivity index (χ1) is 9.77. The molecule has 20 heavy (non-hydrogen) atoms. The van der Waals surface area contributed by atoms with E-state index in [0.29, 0.717) is 6.54 Å². The summed E-state index contributed by atoms with van der Waals surface area (Å²) in [5, 5.41) is 3.15. The zero-order valence-electron chi connectivity index (χ0n) is 12.5. The summed E-state index contributed by atoms with van der Waals surface area (Å²) in [5.41, 5.74) is 5.67. The lowest BCUT2D eigenvalue weighted by atomic mass is 9.79. The molecule has 0 atom stereocenters. The molecule has 2 aliphatic rings. The summed E-state index contributed by atoms with van der Waals surface area (Å²) in [6, 6.07) is 0. The highest BCUT2D eigenvalue weighted by atomic mass is 32.2.